The minimum absolute atomic E-state index is 0.316. The molecule has 0 spiro atoms. The summed E-state index contributed by atoms with van der Waals surface area (Å²) in [6.45, 7) is 4.23. The standard InChI is InChI=1S/C13H15BrClN3/c1-9(2)18-12(16-17-13(18)8-15)7-10-4-3-5-11(14)6-10/h3-6,9H,7-8H2,1-2H3. The Hall–Kier alpha value is -0.870. The lowest BCUT2D eigenvalue weighted by Gasteiger charge is -2.13. The highest BCUT2D eigenvalue weighted by Gasteiger charge is 2.14. The largest absolute Gasteiger partial charge is 0.311 e. The number of hydrogen-bond acceptors (Lipinski definition) is 2. The van der Waals surface area contributed by atoms with E-state index < -0.39 is 0 Å². The van der Waals surface area contributed by atoms with Gasteiger partial charge >= 0.3 is 0 Å². The predicted octanol–water partition coefficient (Wildman–Crippen LogP) is 3.95. The molecular weight excluding hydrogens is 314 g/mol. The maximum Gasteiger partial charge on any atom is 0.148 e. The van der Waals surface area contributed by atoms with Crippen LogP contribution in [0, 0.1) is 0 Å². The Balaban J connectivity index is 2.32. The van der Waals surface area contributed by atoms with Crippen molar-refractivity contribution < 1.29 is 0 Å². The number of hydrogen-bond donors (Lipinski definition) is 0. The summed E-state index contributed by atoms with van der Waals surface area (Å²) in [7, 11) is 0. The molecule has 0 saturated carbocycles. The monoisotopic (exact) mass is 327 g/mol. The Morgan fingerprint density at radius 2 is 2.00 bits per heavy atom. The molecule has 0 amide bonds. The zero-order valence-electron chi connectivity index (χ0n) is 10.4. The first kappa shape index (κ1) is 13.6. The van der Waals surface area contributed by atoms with Crippen molar-refractivity contribution in [1.29, 1.82) is 0 Å². The fourth-order valence-electron chi connectivity index (χ4n) is 2.00. The molecule has 1 heterocycles. The molecule has 96 valence electrons. The number of aromatic nitrogens is 3. The lowest BCUT2D eigenvalue weighted by molar-refractivity contribution is 0.557. The van der Waals surface area contributed by atoms with E-state index in [-0.39, 0.29) is 0 Å². The van der Waals surface area contributed by atoms with Gasteiger partial charge in [0.05, 0.1) is 5.88 Å². The van der Waals surface area contributed by atoms with Crippen LogP contribution in [0.5, 0.6) is 0 Å². The number of nitrogens with zero attached hydrogens (tertiary/aromatic N) is 3. The van der Waals surface area contributed by atoms with Gasteiger partial charge < -0.3 is 4.57 Å². The topological polar surface area (TPSA) is 30.7 Å². The molecule has 3 nitrogen and oxygen atoms in total. The second-order valence-corrected chi connectivity index (χ2v) is 5.62. The van der Waals surface area contributed by atoms with E-state index >= 15 is 0 Å². The molecular formula is C13H15BrClN3. The van der Waals surface area contributed by atoms with Gasteiger partial charge in [0.25, 0.3) is 0 Å². The Kier molecular flexibility index (Phi) is 4.40. The van der Waals surface area contributed by atoms with Crippen LogP contribution < -0.4 is 0 Å². The van der Waals surface area contributed by atoms with E-state index in [2.05, 4.69) is 56.7 Å². The molecule has 1 aromatic heterocycles. The first-order valence-electron chi connectivity index (χ1n) is 5.85. The zero-order valence-corrected chi connectivity index (χ0v) is 12.7. The van der Waals surface area contributed by atoms with E-state index in [0.717, 1.165) is 22.5 Å². The van der Waals surface area contributed by atoms with Gasteiger partial charge in [0.1, 0.15) is 11.6 Å². The quantitative estimate of drug-likeness (QED) is 0.796. The van der Waals surface area contributed by atoms with Gasteiger partial charge in [0.2, 0.25) is 0 Å². The van der Waals surface area contributed by atoms with Crippen LogP contribution in [0.4, 0.5) is 0 Å². The Labute approximate surface area is 120 Å². The summed E-state index contributed by atoms with van der Waals surface area (Å²) in [4.78, 5) is 0. The minimum atomic E-state index is 0.316. The summed E-state index contributed by atoms with van der Waals surface area (Å²) >= 11 is 9.36. The summed E-state index contributed by atoms with van der Waals surface area (Å²) in [6.07, 6.45) is 0.765. The van der Waals surface area contributed by atoms with Crippen molar-refractivity contribution in [3.05, 3.63) is 46.0 Å². The molecule has 5 heteroatoms. The summed E-state index contributed by atoms with van der Waals surface area (Å²) < 4.78 is 3.18. The van der Waals surface area contributed by atoms with Crippen molar-refractivity contribution in [3.63, 3.8) is 0 Å². The number of benzene rings is 1. The molecule has 0 unspecified atom stereocenters. The highest BCUT2D eigenvalue weighted by molar-refractivity contribution is 9.10. The van der Waals surface area contributed by atoms with E-state index in [9.17, 15) is 0 Å². The molecule has 2 aromatic rings. The highest BCUT2D eigenvalue weighted by Crippen LogP contribution is 2.18. The van der Waals surface area contributed by atoms with Crippen molar-refractivity contribution in [2.24, 2.45) is 0 Å². The second-order valence-electron chi connectivity index (χ2n) is 4.44. The van der Waals surface area contributed by atoms with E-state index in [4.69, 9.17) is 11.6 Å². The lowest BCUT2D eigenvalue weighted by atomic mass is 10.1. The molecule has 2 rings (SSSR count). The van der Waals surface area contributed by atoms with Crippen molar-refractivity contribution >= 4 is 27.5 Å². The van der Waals surface area contributed by atoms with Crippen LogP contribution in [0.15, 0.2) is 28.7 Å². The zero-order chi connectivity index (χ0) is 13.1. The van der Waals surface area contributed by atoms with Gasteiger partial charge in [-0.25, -0.2) is 0 Å². The van der Waals surface area contributed by atoms with Crippen molar-refractivity contribution in [2.45, 2.75) is 32.2 Å². The maximum atomic E-state index is 5.89. The summed E-state index contributed by atoms with van der Waals surface area (Å²) in [6, 6.07) is 8.54. The van der Waals surface area contributed by atoms with Gasteiger partial charge in [0.15, 0.2) is 0 Å². The van der Waals surface area contributed by atoms with E-state index in [0.29, 0.717) is 11.9 Å². The van der Waals surface area contributed by atoms with E-state index in [1.165, 1.54) is 5.56 Å². The molecule has 0 aliphatic rings. The molecule has 0 atom stereocenters. The molecule has 0 bridgehead atoms. The predicted molar refractivity (Wildman–Crippen MR) is 76.9 cm³/mol. The van der Waals surface area contributed by atoms with Gasteiger partial charge in [-0.3, -0.25) is 0 Å². The molecule has 0 radical (unpaired) electrons. The molecule has 1 aromatic carbocycles. The van der Waals surface area contributed by atoms with Crippen LogP contribution >= 0.6 is 27.5 Å². The third-order valence-electron chi connectivity index (χ3n) is 2.72. The van der Waals surface area contributed by atoms with E-state index in [1.807, 2.05) is 12.1 Å². The average molecular weight is 329 g/mol. The van der Waals surface area contributed by atoms with Gasteiger partial charge in [-0.05, 0) is 31.5 Å². The average Bonchev–Trinajstić information content (AvgIpc) is 2.72. The minimum Gasteiger partial charge on any atom is -0.311 e. The molecule has 18 heavy (non-hydrogen) atoms. The Morgan fingerprint density at radius 3 is 2.61 bits per heavy atom. The third-order valence-corrected chi connectivity index (χ3v) is 3.46. The molecule has 0 aliphatic heterocycles. The van der Waals surface area contributed by atoms with Gasteiger partial charge in [0, 0.05) is 16.9 Å². The molecule has 0 aliphatic carbocycles. The van der Waals surface area contributed by atoms with Crippen molar-refractivity contribution in [1.82, 2.24) is 14.8 Å². The smallest absolute Gasteiger partial charge is 0.148 e. The molecule has 0 fully saturated rings. The number of alkyl halides is 1. The van der Waals surface area contributed by atoms with Crippen LogP contribution in [-0.2, 0) is 12.3 Å². The Morgan fingerprint density at radius 1 is 1.28 bits per heavy atom. The van der Waals surface area contributed by atoms with Crippen LogP contribution in [0.3, 0.4) is 0 Å². The van der Waals surface area contributed by atoms with Gasteiger partial charge in [-0.1, -0.05) is 28.1 Å². The summed E-state index contributed by atoms with van der Waals surface area (Å²) in [5, 5.41) is 8.39. The van der Waals surface area contributed by atoms with Crippen molar-refractivity contribution in [2.75, 3.05) is 0 Å². The summed E-state index contributed by atoms with van der Waals surface area (Å²) in [5.74, 6) is 2.18. The van der Waals surface area contributed by atoms with Crippen LogP contribution in [0.1, 0.15) is 37.1 Å². The number of halogens is 2. The maximum absolute atomic E-state index is 5.89. The second kappa shape index (κ2) is 5.85. The highest BCUT2D eigenvalue weighted by atomic mass is 79.9. The van der Waals surface area contributed by atoms with Crippen LogP contribution in [-0.4, -0.2) is 14.8 Å². The van der Waals surface area contributed by atoms with Crippen molar-refractivity contribution in [3.8, 4) is 0 Å². The fourth-order valence-corrected chi connectivity index (χ4v) is 2.63. The normalized spacial score (nSPS) is 11.2. The molecule has 0 N–H and O–H groups in total. The SMILES string of the molecule is CC(C)n1c(CCl)nnc1Cc1cccc(Br)c1. The Bertz CT molecular complexity index is 537. The first-order chi connectivity index (χ1) is 8.61. The number of rotatable bonds is 4. The van der Waals surface area contributed by atoms with E-state index in [1.54, 1.807) is 0 Å². The van der Waals surface area contributed by atoms with Gasteiger partial charge in [-0.2, -0.15) is 0 Å². The molecule has 0 saturated heterocycles. The lowest BCUT2D eigenvalue weighted by Crippen LogP contribution is -2.10. The fraction of sp³-hybridized carbons (Fsp3) is 0.385. The van der Waals surface area contributed by atoms with Gasteiger partial charge in [-0.15, -0.1) is 21.8 Å². The van der Waals surface area contributed by atoms with Crippen LogP contribution in [0.25, 0.3) is 0 Å². The first-order valence-corrected chi connectivity index (χ1v) is 7.17. The summed E-state index contributed by atoms with van der Waals surface area (Å²) in [5.41, 5.74) is 1.21. The third kappa shape index (κ3) is 2.93. The van der Waals surface area contributed by atoms with Crippen LogP contribution in [0.2, 0.25) is 0 Å².